The van der Waals surface area contributed by atoms with Gasteiger partial charge in [-0.05, 0) is 36.1 Å². The van der Waals surface area contributed by atoms with Crippen LogP contribution in [0.1, 0.15) is 36.4 Å². The van der Waals surface area contributed by atoms with Crippen LogP contribution in [0.4, 0.5) is 5.69 Å². The fourth-order valence-corrected chi connectivity index (χ4v) is 4.53. The van der Waals surface area contributed by atoms with Gasteiger partial charge in [0.2, 0.25) is 11.8 Å². The van der Waals surface area contributed by atoms with Crippen LogP contribution in [-0.2, 0) is 9.59 Å². The summed E-state index contributed by atoms with van der Waals surface area (Å²) < 4.78 is 0. The lowest BCUT2D eigenvalue weighted by Gasteiger charge is -2.27. The zero-order chi connectivity index (χ0) is 17.1. The Morgan fingerprint density at radius 1 is 0.960 bits per heavy atom. The minimum Gasteiger partial charge on any atom is -0.358 e. The molecule has 5 rings (SSSR count). The molecule has 25 heavy (non-hydrogen) atoms. The van der Waals surface area contributed by atoms with Crippen LogP contribution < -0.4 is 4.90 Å². The van der Waals surface area contributed by atoms with Gasteiger partial charge < -0.3 is 4.98 Å². The zero-order valence-electron chi connectivity index (χ0n) is 13.9. The fraction of sp³-hybridized carbons (Fsp3) is 0.238. The molecular formula is C21H18N2O2. The second-order valence-corrected chi connectivity index (χ2v) is 7.07. The number of anilines is 1. The van der Waals surface area contributed by atoms with Gasteiger partial charge in [0.05, 0.1) is 17.5 Å². The van der Waals surface area contributed by atoms with Crippen molar-refractivity contribution in [3.63, 3.8) is 0 Å². The van der Waals surface area contributed by atoms with Crippen LogP contribution in [0.5, 0.6) is 0 Å². The Bertz CT molecular complexity index is 1010. The van der Waals surface area contributed by atoms with Gasteiger partial charge >= 0.3 is 0 Å². The third-order valence-electron chi connectivity index (χ3n) is 5.63. The number of rotatable bonds is 1. The predicted molar refractivity (Wildman–Crippen MR) is 96.5 cm³/mol. The maximum Gasteiger partial charge on any atom is 0.242 e. The molecule has 2 amide bonds. The monoisotopic (exact) mass is 330 g/mol. The van der Waals surface area contributed by atoms with Crippen LogP contribution in [0.15, 0.2) is 54.6 Å². The largest absolute Gasteiger partial charge is 0.358 e. The molecule has 1 fully saturated rings. The number of aromatic nitrogens is 1. The highest BCUT2D eigenvalue weighted by atomic mass is 16.2. The predicted octanol–water partition coefficient (Wildman–Crippen LogP) is 3.95. The van der Waals surface area contributed by atoms with Crippen molar-refractivity contribution >= 4 is 28.4 Å². The highest BCUT2D eigenvalue weighted by molar-refractivity contribution is 6.24. The number of H-pyrrole nitrogens is 1. The van der Waals surface area contributed by atoms with Crippen LogP contribution in [-0.4, -0.2) is 16.8 Å². The third-order valence-corrected chi connectivity index (χ3v) is 5.63. The summed E-state index contributed by atoms with van der Waals surface area (Å²) in [6.45, 7) is 2.13. The number of imide groups is 1. The molecule has 0 spiro atoms. The van der Waals surface area contributed by atoms with E-state index in [0.717, 1.165) is 22.2 Å². The highest BCUT2D eigenvalue weighted by Crippen LogP contribution is 2.50. The van der Waals surface area contributed by atoms with Gasteiger partial charge in [0.1, 0.15) is 0 Å². The molecule has 124 valence electrons. The molecule has 1 aromatic heterocycles. The van der Waals surface area contributed by atoms with E-state index >= 15 is 0 Å². The number of hydrogen-bond acceptors (Lipinski definition) is 2. The molecule has 0 saturated carbocycles. The molecule has 1 N–H and O–H groups in total. The first kappa shape index (κ1) is 14.5. The maximum absolute atomic E-state index is 13.3. The summed E-state index contributed by atoms with van der Waals surface area (Å²) in [6, 6.07) is 17.3. The van der Waals surface area contributed by atoms with E-state index in [0.29, 0.717) is 12.1 Å². The lowest BCUT2D eigenvalue weighted by atomic mass is 9.74. The molecule has 0 bridgehead atoms. The van der Waals surface area contributed by atoms with E-state index in [1.165, 1.54) is 4.90 Å². The lowest BCUT2D eigenvalue weighted by molar-refractivity contribution is -0.122. The molecule has 4 nitrogen and oxygen atoms in total. The van der Waals surface area contributed by atoms with E-state index in [1.54, 1.807) is 0 Å². The van der Waals surface area contributed by atoms with Crippen molar-refractivity contribution in [2.75, 3.05) is 4.90 Å². The Morgan fingerprint density at radius 2 is 1.68 bits per heavy atom. The lowest BCUT2D eigenvalue weighted by Crippen LogP contribution is -2.30. The summed E-state index contributed by atoms with van der Waals surface area (Å²) >= 11 is 0. The van der Waals surface area contributed by atoms with Crippen molar-refractivity contribution in [3.8, 4) is 0 Å². The van der Waals surface area contributed by atoms with Crippen LogP contribution in [0.25, 0.3) is 10.9 Å². The normalized spacial score (nSPS) is 25.3. The van der Waals surface area contributed by atoms with Gasteiger partial charge in [0.25, 0.3) is 0 Å². The van der Waals surface area contributed by atoms with E-state index in [9.17, 15) is 9.59 Å². The molecule has 2 aromatic carbocycles. The summed E-state index contributed by atoms with van der Waals surface area (Å²) in [5.41, 5.74) is 3.84. The number of amides is 2. The zero-order valence-corrected chi connectivity index (χ0v) is 13.9. The van der Waals surface area contributed by atoms with Gasteiger partial charge in [0.15, 0.2) is 0 Å². The second kappa shape index (κ2) is 5.06. The highest BCUT2D eigenvalue weighted by Gasteiger charge is 2.53. The van der Waals surface area contributed by atoms with E-state index < -0.39 is 0 Å². The van der Waals surface area contributed by atoms with E-state index in [-0.39, 0.29) is 29.6 Å². The fourth-order valence-electron chi connectivity index (χ4n) is 4.53. The Balaban J connectivity index is 1.71. The average Bonchev–Trinajstić information content (AvgIpc) is 3.13. The summed E-state index contributed by atoms with van der Waals surface area (Å²) in [4.78, 5) is 31.2. The summed E-state index contributed by atoms with van der Waals surface area (Å²) in [5.74, 6) is -0.580. The van der Waals surface area contributed by atoms with E-state index in [2.05, 4.69) is 11.9 Å². The van der Waals surface area contributed by atoms with Gasteiger partial charge in [-0.25, -0.2) is 4.90 Å². The number of para-hydroxylation sites is 2. The molecule has 4 heteroatoms. The Morgan fingerprint density at radius 3 is 2.48 bits per heavy atom. The number of fused-ring (bicyclic) bond motifs is 5. The van der Waals surface area contributed by atoms with Gasteiger partial charge in [0, 0.05) is 16.6 Å². The number of benzene rings is 2. The molecule has 2 aliphatic rings. The van der Waals surface area contributed by atoms with Crippen LogP contribution in [0.2, 0.25) is 0 Å². The first-order valence-electron chi connectivity index (χ1n) is 8.70. The first-order chi connectivity index (χ1) is 12.2. The number of aromatic amines is 1. The molecule has 1 unspecified atom stereocenters. The molecule has 2 heterocycles. The number of carbonyl (C=O) groups excluding carboxylic acids is 2. The van der Waals surface area contributed by atoms with Crippen molar-refractivity contribution in [2.24, 2.45) is 5.92 Å². The SMILES string of the molecule is CC1C[C@@H]2C(=O)N(c3ccccc3)C(=O)[C@@H]2c2c1[nH]c1ccccc21. The smallest absolute Gasteiger partial charge is 0.242 e. The number of carbonyl (C=O) groups is 2. The third kappa shape index (κ3) is 1.88. The molecule has 1 saturated heterocycles. The summed E-state index contributed by atoms with van der Waals surface area (Å²) in [6.07, 6.45) is 0.707. The number of nitrogens with zero attached hydrogens (tertiary/aromatic N) is 1. The van der Waals surface area contributed by atoms with Crippen LogP contribution >= 0.6 is 0 Å². The van der Waals surface area contributed by atoms with Crippen molar-refractivity contribution in [3.05, 3.63) is 65.9 Å². The molecule has 1 aliphatic heterocycles. The standard InChI is InChI=1S/C21H18N2O2/c1-12-11-15-18(17-14-9-5-6-10-16(14)22-19(12)17)21(25)23(20(15)24)13-7-3-2-4-8-13/h2-10,12,15,18,22H,11H2,1H3/t12?,15-,18-/m0/s1. The van der Waals surface area contributed by atoms with Gasteiger partial charge in [-0.1, -0.05) is 43.3 Å². The summed E-state index contributed by atoms with van der Waals surface area (Å²) in [5, 5.41) is 1.06. The molecule has 1 aliphatic carbocycles. The molecule has 3 atom stereocenters. The Hall–Kier alpha value is -2.88. The quantitative estimate of drug-likeness (QED) is 0.687. The Labute approximate surface area is 145 Å². The van der Waals surface area contributed by atoms with Crippen molar-refractivity contribution < 1.29 is 9.59 Å². The van der Waals surface area contributed by atoms with Gasteiger partial charge in [-0.15, -0.1) is 0 Å². The van der Waals surface area contributed by atoms with Crippen LogP contribution in [0.3, 0.4) is 0 Å². The first-order valence-corrected chi connectivity index (χ1v) is 8.70. The van der Waals surface area contributed by atoms with E-state index in [1.807, 2.05) is 54.6 Å². The molecular weight excluding hydrogens is 312 g/mol. The topological polar surface area (TPSA) is 53.2 Å². The average molecular weight is 330 g/mol. The molecule has 3 aromatic rings. The van der Waals surface area contributed by atoms with Gasteiger partial charge in [-0.2, -0.15) is 0 Å². The maximum atomic E-state index is 13.3. The second-order valence-electron chi connectivity index (χ2n) is 7.07. The number of nitrogens with one attached hydrogen (secondary N) is 1. The van der Waals surface area contributed by atoms with Crippen molar-refractivity contribution in [1.29, 1.82) is 0 Å². The summed E-state index contributed by atoms with van der Waals surface area (Å²) in [7, 11) is 0. The van der Waals surface area contributed by atoms with Crippen LogP contribution in [0, 0.1) is 5.92 Å². The van der Waals surface area contributed by atoms with Crippen molar-refractivity contribution in [1.82, 2.24) is 4.98 Å². The van der Waals surface area contributed by atoms with Crippen molar-refractivity contribution in [2.45, 2.75) is 25.2 Å². The Kier molecular flexibility index (Phi) is 2.93. The van der Waals surface area contributed by atoms with Gasteiger partial charge in [-0.3, -0.25) is 9.59 Å². The minimum atomic E-state index is -0.380. The minimum absolute atomic E-state index is 0.0658. The number of hydrogen-bond donors (Lipinski definition) is 1. The molecule has 0 radical (unpaired) electrons. The van der Waals surface area contributed by atoms with E-state index in [4.69, 9.17) is 0 Å².